The van der Waals surface area contributed by atoms with Gasteiger partial charge in [-0.25, -0.2) is 4.98 Å². The van der Waals surface area contributed by atoms with Crippen LogP contribution in [0.1, 0.15) is 24.4 Å². The minimum atomic E-state index is 0.265. The van der Waals surface area contributed by atoms with E-state index in [9.17, 15) is 0 Å². The van der Waals surface area contributed by atoms with Gasteiger partial charge in [-0.05, 0) is 49.9 Å². The third kappa shape index (κ3) is 3.10. The topological polar surface area (TPSA) is 37.3 Å². The van der Waals surface area contributed by atoms with Crippen LogP contribution in [-0.4, -0.2) is 10.8 Å². The zero-order valence-electron chi connectivity index (χ0n) is 10.7. The Kier molecular flexibility index (Phi) is 4.17. The van der Waals surface area contributed by atoms with E-state index < -0.39 is 0 Å². The predicted octanol–water partition coefficient (Wildman–Crippen LogP) is 4.95. The van der Waals surface area contributed by atoms with Gasteiger partial charge in [-0.15, -0.1) is 0 Å². The Labute approximate surface area is 134 Å². The third-order valence-electron chi connectivity index (χ3n) is 3.25. The lowest BCUT2D eigenvalue weighted by Gasteiger charge is -2.07. The van der Waals surface area contributed by atoms with Gasteiger partial charge in [0, 0.05) is 10.9 Å². The second-order valence-corrected chi connectivity index (χ2v) is 6.32. The van der Waals surface area contributed by atoms with Crippen molar-refractivity contribution in [3.63, 3.8) is 0 Å². The molecule has 1 aromatic heterocycles. The van der Waals surface area contributed by atoms with Crippen molar-refractivity contribution in [1.29, 1.82) is 0 Å². The Morgan fingerprint density at radius 2 is 1.95 bits per heavy atom. The van der Waals surface area contributed by atoms with E-state index in [-0.39, 0.29) is 6.04 Å². The minimum Gasteiger partial charge on any atom is -0.342 e. The zero-order chi connectivity index (χ0) is 13.9. The van der Waals surface area contributed by atoms with Gasteiger partial charge >= 0.3 is 0 Å². The number of amidine groups is 1. The first-order chi connectivity index (χ1) is 9.72. The molecule has 5 heteroatoms. The van der Waals surface area contributed by atoms with Crippen molar-refractivity contribution in [3.05, 3.63) is 57.2 Å². The summed E-state index contributed by atoms with van der Waals surface area (Å²) < 4.78 is 1.79. The highest BCUT2D eigenvalue weighted by Gasteiger charge is 2.19. The Morgan fingerprint density at radius 3 is 2.70 bits per heavy atom. The van der Waals surface area contributed by atoms with Crippen molar-refractivity contribution in [3.8, 4) is 0 Å². The Morgan fingerprint density at radius 1 is 1.15 bits per heavy atom. The molecular weight excluding hydrogens is 382 g/mol. The molecule has 1 unspecified atom stereocenters. The van der Waals surface area contributed by atoms with E-state index in [2.05, 4.69) is 66.4 Å². The fraction of sp³-hybridized carbons (Fsp3) is 0.200. The average molecular weight is 395 g/mol. The number of nitrogens with zero attached hydrogens (tertiary/aromatic N) is 2. The largest absolute Gasteiger partial charge is 0.342 e. The molecule has 2 aromatic rings. The standard InChI is InChI=1S/C15H13Br2N3/c16-11-8-14(17)18-9-13(11)20-15-7-6-12(19-15)10-4-2-1-3-5-10/h1-5,8-9,12H,6-7H2,(H,19,20). The number of hydrogen-bond acceptors (Lipinski definition) is 3. The van der Waals surface area contributed by atoms with Crippen LogP contribution in [0.15, 0.2) is 56.7 Å². The van der Waals surface area contributed by atoms with Crippen molar-refractivity contribution in [2.75, 3.05) is 5.32 Å². The molecule has 0 saturated heterocycles. The number of aromatic nitrogens is 1. The molecule has 0 fully saturated rings. The van der Waals surface area contributed by atoms with Crippen LogP contribution in [0, 0.1) is 0 Å². The van der Waals surface area contributed by atoms with Crippen LogP contribution in [0.3, 0.4) is 0 Å². The average Bonchev–Trinajstić information content (AvgIpc) is 2.92. The fourth-order valence-electron chi connectivity index (χ4n) is 2.26. The van der Waals surface area contributed by atoms with E-state index in [1.807, 2.05) is 12.1 Å². The van der Waals surface area contributed by atoms with Crippen molar-refractivity contribution < 1.29 is 0 Å². The molecule has 1 aromatic carbocycles. The lowest BCUT2D eigenvalue weighted by molar-refractivity contribution is 0.723. The molecule has 0 amide bonds. The second-order valence-electron chi connectivity index (χ2n) is 4.65. The smallest absolute Gasteiger partial charge is 0.107 e. The summed E-state index contributed by atoms with van der Waals surface area (Å²) in [6.07, 6.45) is 3.81. The maximum atomic E-state index is 4.76. The highest BCUT2D eigenvalue weighted by molar-refractivity contribution is 9.11. The molecule has 0 saturated carbocycles. The summed E-state index contributed by atoms with van der Waals surface area (Å²) in [6, 6.07) is 12.6. The van der Waals surface area contributed by atoms with Gasteiger partial charge < -0.3 is 5.32 Å². The number of halogens is 2. The van der Waals surface area contributed by atoms with Gasteiger partial charge in [-0.1, -0.05) is 30.3 Å². The number of aliphatic imine (C=N–C) groups is 1. The fourth-order valence-corrected chi connectivity index (χ4v) is 3.31. The van der Waals surface area contributed by atoms with Gasteiger partial charge in [0.15, 0.2) is 0 Å². The molecule has 1 atom stereocenters. The first-order valence-corrected chi connectivity index (χ1v) is 8.00. The quantitative estimate of drug-likeness (QED) is 0.731. The third-order valence-corrected chi connectivity index (χ3v) is 4.34. The van der Waals surface area contributed by atoms with E-state index in [1.54, 1.807) is 6.20 Å². The van der Waals surface area contributed by atoms with Gasteiger partial charge in [0.25, 0.3) is 0 Å². The number of anilines is 1. The summed E-state index contributed by atoms with van der Waals surface area (Å²) >= 11 is 6.88. The molecule has 2 heterocycles. The first kappa shape index (κ1) is 13.8. The van der Waals surface area contributed by atoms with Crippen LogP contribution >= 0.6 is 31.9 Å². The second kappa shape index (κ2) is 6.06. The highest BCUT2D eigenvalue weighted by atomic mass is 79.9. The molecule has 0 aliphatic carbocycles. The molecule has 0 bridgehead atoms. The van der Waals surface area contributed by atoms with Gasteiger partial charge in [-0.2, -0.15) is 0 Å². The molecule has 3 nitrogen and oxygen atoms in total. The van der Waals surface area contributed by atoms with E-state index in [0.717, 1.165) is 33.4 Å². The summed E-state index contributed by atoms with van der Waals surface area (Å²) in [4.78, 5) is 8.99. The Bertz CT molecular complexity index is 641. The Hall–Kier alpha value is -1.20. The number of rotatable bonds is 2. The van der Waals surface area contributed by atoms with Crippen LogP contribution in [0.4, 0.5) is 5.69 Å². The first-order valence-electron chi connectivity index (χ1n) is 6.42. The molecular formula is C15H13Br2N3. The summed E-state index contributed by atoms with van der Waals surface area (Å²) in [5.74, 6) is 1.02. The minimum absolute atomic E-state index is 0.265. The summed E-state index contributed by atoms with van der Waals surface area (Å²) in [6.45, 7) is 0. The van der Waals surface area contributed by atoms with E-state index in [0.29, 0.717) is 0 Å². The highest BCUT2D eigenvalue weighted by Crippen LogP contribution is 2.30. The number of hydrogen-bond donors (Lipinski definition) is 1. The molecule has 3 rings (SSSR count). The summed E-state index contributed by atoms with van der Waals surface area (Å²) in [7, 11) is 0. The van der Waals surface area contributed by atoms with Crippen molar-refractivity contribution in [1.82, 2.24) is 4.98 Å². The van der Waals surface area contributed by atoms with Gasteiger partial charge in [0.1, 0.15) is 10.4 Å². The molecule has 0 radical (unpaired) electrons. The molecule has 0 spiro atoms. The van der Waals surface area contributed by atoms with Crippen LogP contribution in [0.2, 0.25) is 0 Å². The molecule has 1 aliphatic heterocycles. The molecule has 20 heavy (non-hydrogen) atoms. The number of benzene rings is 1. The van der Waals surface area contributed by atoms with Crippen molar-refractivity contribution in [2.24, 2.45) is 4.99 Å². The van der Waals surface area contributed by atoms with Crippen molar-refractivity contribution >= 4 is 43.4 Å². The van der Waals surface area contributed by atoms with Gasteiger partial charge in [-0.3, -0.25) is 4.99 Å². The lowest BCUT2D eigenvalue weighted by Crippen LogP contribution is -2.09. The van der Waals surface area contributed by atoms with Crippen molar-refractivity contribution in [2.45, 2.75) is 18.9 Å². The molecule has 1 N–H and O–H groups in total. The van der Waals surface area contributed by atoms with Crippen LogP contribution in [0.5, 0.6) is 0 Å². The summed E-state index contributed by atoms with van der Waals surface area (Å²) in [5, 5.41) is 3.36. The molecule has 102 valence electrons. The van der Waals surface area contributed by atoms with Crippen LogP contribution in [-0.2, 0) is 0 Å². The predicted molar refractivity (Wildman–Crippen MR) is 89.1 cm³/mol. The van der Waals surface area contributed by atoms with Gasteiger partial charge in [0.2, 0.25) is 0 Å². The number of nitrogens with one attached hydrogen (secondary N) is 1. The van der Waals surface area contributed by atoms with Gasteiger partial charge in [0.05, 0.1) is 17.9 Å². The SMILES string of the molecule is Brc1cc(Br)c(NC2=NC(c3ccccc3)CC2)cn1. The number of pyridine rings is 1. The van der Waals surface area contributed by atoms with Crippen LogP contribution < -0.4 is 5.32 Å². The maximum absolute atomic E-state index is 4.76. The summed E-state index contributed by atoms with van der Waals surface area (Å²) in [5.41, 5.74) is 2.22. The lowest BCUT2D eigenvalue weighted by atomic mass is 10.1. The van der Waals surface area contributed by atoms with E-state index in [1.165, 1.54) is 5.56 Å². The monoisotopic (exact) mass is 393 g/mol. The van der Waals surface area contributed by atoms with E-state index >= 15 is 0 Å². The van der Waals surface area contributed by atoms with Crippen LogP contribution in [0.25, 0.3) is 0 Å². The zero-order valence-corrected chi connectivity index (χ0v) is 13.9. The normalized spacial score (nSPS) is 17.9. The van der Waals surface area contributed by atoms with E-state index in [4.69, 9.17) is 4.99 Å². The molecule has 1 aliphatic rings. The maximum Gasteiger partial charge on any atom is 0.107 e. The Balaban J connectivity index is 1.76.